The zero-order valence-electron chi connectivity index (χ0n) is 21.4. The van der Waals surface area contributed by atoms with E-state index in [2.05, 4.69) is 19.8 Å². The van der Waals surface area contributed by atoms with Crippen LogP contribution in [0.4, 0.5) is 15.1 Å². The fraction of sp³-hybridized carbons (Fsp3) is 0.538. The Morgan fingerprint density at radius 1 is 1.19 bits per heavy atom. The van der Waals surface area contributed by atoms with Gasteiger partial charge in [-0.3, -0.25) is 15.6 Å². The zero-order chi connectivity index (χ0) is 26.6. The van der Waals surface area contributed by atoms with Crippen LogP contribution in [0.2, 0.25) is 0 Å². The number of benzene rings is 1. The third-order valence-electron chi connectivity index (χ3n) is 7.43. The molecular weight excluding hydrogens is 477 g/mol. The smallest absolute Gasteiger partial charge is 0.414 e. The first kappa shape index (κ1) is 26.7. The van der Waals surface area contributed by atoms with Gasteiger partial charge in [0.15, 0.2) is 5.96 Å². The Hall–Kier alpha value is -3.31. The van der Waals surface area contributed by atoms with E-state index in [1.165, 1.54) is 6.07 Å². The summed E-state index contributed by atoms with van der Waals surface area (Å²) in [6, 6.07) is 5.38. The number of aliphatic hydroxyl groups is 1. The van der Waals surface area contributed by atoms with Crippen molar-refractivity contribution in [2.75, 3.05) is 31.1 Å². The Bertz CT molecular complexity index is 1090. The lowest BCUT2D eigenvalue weighted by Gasteiger charge is -2.43. The Kier molecular flexibility index (Phi) is 8.23. The Morgan fingerprint density at radius 2 is 1.84 bits per heavy atom. The molecule has 0 atom stereocenters. The molecule has 10 nitrogen and oxygen atoms in total. The molecule has 2 heterocycles. The molecule has 1 aliphatic heterocycles. The maximum atomic E-state index is 15.1. The number of anilines is 1. The predicted molar refractivity (Wildman–Crippen MR) is 138 cm³/mol. The number of aromatic nitrogens is 2. The van der Waals surface area contributed by atoms with Gasteiger partial charge in [0.1, 0.15) is 12.4 Å². The maximum Gasteiger partial charge on any atom is 0.414 e. The Morgan fingerprint density at radius 3 is 2.43 bits per heavy atom. The molecule has 1 aromatic carbocycles. The first-order valence-electron chi connectivity index (χ1n) is 12.7. The number of nitrogens with zero attached hydrogens (tertiary/aromatic N) is 4. The number of alkyl carbamates (subject to hydrolysis) is 1. The number of amides is 1. The van der Waals surface area contributed by atoms with Gasteiger partial charge in [-0.2, -0.15) is 0 Å². The highest BCUT2D eigenvalue weighted by atomic mass is 19.1. The molecule has 2 aliphatic rings. The van der Waals surface area contributed by atoms with Crippen molar-refractivity contribution >= 4 is 18.0 Å². The minimum atomic E-state index is -0.924. The molecule has 4 rings (SSSR count). The highest BCUT2D eigenvalue weighted by Gasteiger charge is 2.34. The van der Waals surface area contributed by atoms with Gasteiger partial charge in [0.2, 0.25) is 5.95 Å². The molecule has 1 saturated carbocycles. The number of piperazine rings is 1. The van der Waals surface area contributed by atoms with E-state index >= 15 is 4.39 Å². The number of hydrogen-bond donors (Lipinski definition) is 4. The molecule has 2 aromatic rings. The highest BCUT2D eigenvalue weighted by Crippen LogP contribution is 2.35. The van der Waals surface area contributed by atoms with Crippen molar-refractivity contribution in [3.05, 3.63) is 42.0 Å². The highest BCUT2D eigenvalue weighted by molar-refractivity contribution is 5.90. The molecule has 0 spiro atoms. The second kappa shape index (κ2) is 11.4. The largest absolute Gasteiger partial charge is 0.444 e. The first-order chi connectivity index (χ1) is 17.6. The average molecular weight is 514 g/mol. The zero-order valence-corrected chi connectivity index (χ0v) is 21.4. The summed E-state index contributed by atoms with van der Waals surface area (Å²) in [6.45, 7) is 7.07. The standard InChI is InChI=1S/C26H36FN7O3/c1-26(2,36)19-6-8-20(9-7-19)33-10-12-34(13-11-33)24-30-14-18(15-31-24)21-5-3-4-17(22(21)27)16-37-25(35)32-23(28)29/h3-5,14-15,19-20,36H,6-13,16H2,1-2H3,(H4,28,29,32,35). The van der Waals surface area contributed by atoms with Crippen molar-refractivity contribution in [2.24, 2.45) is 11.7 Å². The molecule has 37 heavy (non-hydrogen) atoms. The van der Waals surface area contributed by atoms with E-state index in [9.17, 15) is 9.90 Å². The number of halogens is 1. The van der Waals surface area contributed by atoms with Gasteiger partial charge in [0, 0.05) is 61.3 Å². The maximum absolute atomic E-state index is 15.1. The molecule has 0 bridgehead atoms. The van der Waals surface area contributed by atoms with E-state index in [0.29, 0.717) is 29.0 Å². The van der Waals surface area contributed by atoms with Crippen LogP contribution in [-0.2, 0) is 11.3 Å². The van der Waals surface area contributed by atoms with Crippen LogP contribution in [0.5, 0.6) is 0 Å². The summed E-state index contributed by atoms with van der Waals surface area (Å²) in [5.41, 5.74) is 5.51. The van der Waals surface area contributed by atoms with Crippen molar-refractivity contribution in [1.29, 1.82) is 5.41 Å². The van der Waals surface area contributed by atoms with Gasteiger partial charge in [0.05, 0.1) is 5.60 Å². The number of guanidine groups is 1. The van der Waals surface area contributed by atoms with Crippen LogP contribution in [0.25, 0.3) is 11.1 Å². The average Bonchev–Trinajstić information content (AvgIpc) is 2.87. The molecule has 2 fully saturated rings. The minimum Gasteiger partial charge on any atom is -0.444 e. The van der Waals surface area contributed by atoms with Gasteiger partial charge in [-0.15, -0.1) is 0 Å². The lowest BCUT2D eigenvalue weighted by Crippen LogP contribution is -2.52. The fourth-order valence-corrected chi connectivity index (χ4v) is 5.26. The third-order valence-corrected chi connectivity index (χ3v) is 7.43. The van der Waals surface area contributed by atoms with Gasteiger partial charge in [0.25, 0.3) is 0 Å². The van der Waals surface area contributed by atoms with Crippen LogP contribution in [0.3, 0.4) is 0 Å². The number of carbonyl (C=O) groups is 1. The molecule has 200 valence electrons. The Balaban J connectivity index is 1.32. The number of ether oxygens (including phenoxy) is 1. The lowest BCUT2D eigenvalue weighted by atomic mass is 9.77. The number of carbonyl (C=O) groups excluding carboxylic acids is 1. The summed E-state index contributed by atoms with van der Waals surface area (Å²) in [5, 5.41) is 19.3. The molecule has 0 unspecified atom stereocenters. The number of rotatable bonds is 6. The van der Waals surface area contributed by atoms with Crippen molar-refractivity contribution in [2.45, 2.75) is 57.8 Å². The summed E-state index contributed by atoms with van der Waals surface area (Å²) >= 11 is 0. The molecule has 11 heteroatoms. The molecule has 0 radical (unpaired) electrons. The summed E-state index contributed by atoms with van der Waals surface area (Å²) in [7, 11) is 0. The first-order valence-corrected chi connectivity index (χ1v) is 12.7. The van der Waals surface area contributed by atoms with Gasteiger partial charge in [-0.05, 0) is 45.4 Å². The summed E-state index contributed by atoms with van der Waals surface area (Å²) < 4.78 is 20.0. The van der Waals surface area contributed by atoms with Crippen molar-refractivity contribution in [3.63, 3.8) is 0 Å². The van der Waals surface area contributed by atoms with Crippen molar-refractivity contribution < 1.29 is 19.0 Å². The van der Waals surface area contributed by atoms with Gasteiger partial charge in [-0.25, -0.2) is 19.2 Å². The molecule has 5 N–H and O–H groups in total. The fourth-order valence-electron chi connectivity index (χ4n) is 5.26. The molecule has 1 aromatic heterocycles. The van der Waals surface area contributed by atoms with E-state index in [0.717, 1.165) is 51.9 Å². The normalized spacial score (nSPS) is 20.9. The van der Waals surface area contributed by atoms with Gasteiger partial charge < -0.3 is 20.5 Å². The quantitative estimate of drug-likeness (QED) is 0.341. The van der Waals surface area contributed by atoms with Crippen LogP contribution in [-0.4, -0.2) is 69.8 Å². The topological polar surface area (TPSA) is 141 Å². The lowest BCUT2D eigenvalue weighted by molar-refractivity contribution is -0.0127. The summed E-state index contributed by atoms with van der Waals surface area (Å²) in [4.78, 5) is 25.2. The van der Waals surface area contributed by atoms with Gasteiger partial charge >= 0.3 is 6.09 Å². The minimum absolute atomic E-state index is 0.188. The van der Waals surface area contributed by atoms with Crippen LogP contribution < -0.4 is 16.0 Å². The van der Waals surface area contributed by atoms with Crippen molar-refractivity contribution in [3.8, 4) is 11.1 Å². The SMILES string of the molecule is CC(C)(O)C1CCC(N2CCN(c3ncc(-c4cccc(COC(=O)NC(=N)N)c4F)cn3)CC2)CC1. The molecular formula is C26H36FN7O3. The monoisotopic (exact) mass is 513 g/mol. The van der Waals surface area contributed by atoms with E-state index in [4.69, 9.17) is 15.9 Å². The predicted octanol–water partition coefficient (Wildman–Crippen LogP) is 2.85. The Labute approximate surface area is 216 Å². The second-order valence-corrected chi connectivity index (χ2v) is 10.3. The molecule has 1 saturated heterocycles. The number of hydrogen-bond acceptors (Lipinski definition) is 8. The van der Waals surface area contributed by atoms with Crippen LogP contribution in [0.15, 0.2) is 30.6 Å². The van der Waals surface area contributed by atoms with Gasteiger partial charge in [-0.1, -0.05) is 18.2 Å². The third kappa shape index (κ3) is 6.72. The van der Waals surface area contributed by atoms with Crippen LogP contribution in [0.1, 0.15) is 45.1 Å². The summed E-state index contributed by atoms with van der Waals surface area (Å²) in [5.74, 6) is -0.0780. The van der Waals surface area contributed by atoms with E-state index in [-0.39, 0.29) is 12.2 Å². The van der Waals surface area contributed by atoms with Crippen LogP contribution in [0, 0.1) is 17.1 Å². The van der Waals surface area contributed by atoms with E-state index in [1.54, 1.807) is 24.5 Å². The molecule has 1 aliphatic carbocycles. The number of nitrogens with one attached hydrogen (secondary N) is 2. The second-order valence-electron chi connectivity index (χ2n) is 10.3. The number of nitrogens with two attached hydrogens (primary N) is 1. The summed E-state index contributed by atoms with van der Waals surface area (Å²) in [6.07, 6.45) is 6.67. The van der Waals surface area contributed by atoms with Crippen LogP contribution >= 0.6 is 0 Å². The van der Waals surface area contributed by atoms with Crippen molar-refractivity contribution in [1.82, 2.24) is 20.2 Å². The molecule has 1 amide bonds. The van der Waals surface area contributed by atoms with E-state index < -0.39 is 23.5 Å². The van der Waals surface area contributed by atoms with E-state index in [1.807, 2.05) is 19.2 Å².